The standard InChI is InChI=1S/C27H33ClN4O3/c1-19-8-5-6-15-32(19)26(34)24(30-25(33)21-9-3-2-4-10-21)20-13-16-31(17-14-20)27(35)29-23-12-7-11-22(28)18-23/h2-4,7,9-12,18-20,24H,5-6,8,13-17H2,1H3,(H,29,35)(H,30,33)/t19-,24+/m1/s1. The number of carbonyl (C=O) groups excluding carboxylic acids is 3. The Bertz CT molecular complexity index is 1040. The molecule has 2 N–H and O–H groups in total. The minimum absolute atomic E-state index is 0.0108. The predicted octanol–water partition coefficient (Wildman–Crippen LogP) is 4.78. The van der Waals surface area contributed by atoms with E-state index in [9.17, 15) is 14.4 Å². The molecule has 4 rings (SSSR count). The number of nitrogens with one attached hydrogen (secondary N) is 2. The molecule has 0 unspecified atom stereocenters. The van der Waals surface area contributed by atoms with Crippen LogP contribution in [0.1, 0.15) is 49.4 Å². The molecule has 2 aliphatic rings. The summed E-state index contributed by atoms with van der Waals surface area (Å²) in [4.78, 5) is 43.1. The number of halogens is 1. The van der Waals surface area contributed by atoms with Crippen molar-refractivity contribution in [3.8, 4) is 0 Å². The highest BCUT2D eigenvalue weighted by atomic mass is 35.5. The highest BCUT2D eigenvalue weighted by Gasteiger charge is 2.38. The van der Waals surface area contributed by atoms with E-state index < -0.39 is 6.04 Å². The number of piperidine rings is 2. The average Bonchev–Trinajstić information content (AvgIpc) is 2.88. The molecule has 7 nitrogen and oxygen atoms in total. The van der Waals surface area contributed by atoms with E-state index >= 15 is 0 Å². The second kappa shape index (κ2) is 11.6. The van der Waals surface area contributed by atoms with Gasteiger partial charge < -0.3 is 20.4 Å². The first-order valence-electron chi connectivity index (χ1n) is 12.4. The summed E-state index contributed by atoms with van der Waals surface area (Å²) in [5.41, 5.74) is 1.18. The van der Waals surface area contributed by atoms with E-state index in [1.807, 2.05) is 23.1 Å². The van der Waals surface area contributed by atoms with Gasteiger partial charge in [-0.25, -0.2) is 4.79 Å². The zero-order valence-corrected chi connectivity index (χ0v) is 20.8. The number of carbonyl (C=O) groups is 3. The van der Waals surface area contributed by atoms with Crippen molar-refractivity contribution in [1.82, 2.24) is 15.1 Å². The Morgan fingerprint density at radius 2 is 1.69 bits per heavy atom. The minimum atomic E-state index is -0.610. The van der Waals surface area contributed by atoms with Crippen molar-refractivity contribution in [2.45, 2.75) is 51.1 Å². The Morgan fingerprint density at radius 3 is 2.37 bits per heavy atom. The molecular formula is C27H33ClN4O3. The zero-order valence-electron chi connectivity index (χ0n) is 20.1. The highest BCUT2D eigenvalue weighted by molar-refractivity contribution is 6.30. The summed E-state index contributed by atoms with van der Waals surface area (Å²) in [6, 6.07) is 15.4. The summed E-state index contributed by atoms with van der Waals surface area (Å²) < 4.78 is 0. The first-order valence-corrected chi connectivity index (χ1v) is 12.8. The summed E-state index contributed by atoms with van der Waals surface area (Å²) in [6.45, 7) is 3.82. The molecule has 2 atom stereocenters. The molecule has 0 aliphatic carbocycles. The van der Waals surface area contributed by atoms with Gasteiger partial charge in [-0.15, -0.1) is 0 Å². The van der Waals surface area contributed by atoms with Gasteiger partial charge in [-0.1, -0.05) is 35.9 Å². The molecule has 0 spiro atoms. The third kappa shape index (κ3) is 6.34. The van der Waals surface area contributed by atoms with Gasteiger partial charge in [0.05, 0.1) is 0 Å². The summed E-state index contributed by atoms with van der Waals surface area (Å²) in [7, 11) is 0. The number of hydrogen-bond donors (Lipinski definition) is 2. The molecule has 8 heteroatoms. The van der Waals surface area contributed by atoms with E-state index in [1.54, 1.807) is 41.3 Å². The third-order valence-corrected chi connectivity index (χ3v) is 7.28. The van der Waals surface area contributed by atoms with Crippen molar-refractivity contribution in [3.05, 3.63) is 65.2 Å². The van der Waals surface area contributed by atoms with E-state index in [0.29, 0.717) is 42.2 Å². The molecule has 0 aromatic heterocycles. The molecule has 2 aliphatic heterocycles. The van der Waals surface area contributed by atoms with Crippen LogP contribution in [-0.2, 0) is 4.79 Å². The first kappa shape index (κ1) is 25.0. The quantitative estimate of drug-likeness (QED) is 0.624. The lowest BCUT2D eigenvalue weighted by Crippen LogP contribution is -2.57. The summed E-state index contributed by atoms with van der Waals surface area (Å²) >= 11 is 6.02. The third-order valence-electron chi connectivity index (χ3n) is 7.05. The van der Waals surface area contributed by atoms with E-state index in [1.165, 1.54) is 0 Å². The van der Waals surface area contributed by atoms with Crippen molar-refractivity contribution >= 4 is 35.1 Å². The Kier molecular flexibility index (Phi) is 8.29. The van der Waals surface area contributed by atoms with Crippen LogP contribution in [0.5, 0.6) is 0 Å². The van der Waals surface area contributed by atoms with Crippen LogP contribution in [0, 0.1) is 5.92 Å². The SMILES string of the molecule is C[C@@H]1CCCCN1C(=O)[C@@H](NC(=O)c1ccccc1)C1CCN(C(=O)Nc2cccc(Cl)c2)CC1. The molecule has 2 fully saturated rings. The molecule has 186 valence electrons. The van der Waals surface area contributed by atoms with Crippen LogP contribution in [-0.4, -0.2) is 59.4 Å². The fourth-order valence-corrected chi connectivity index (χ4v) is 5.19. The number of urea groups is 1. The maximum Gasteiger partial charge on any atom is 0.321 e. The largest absolute Gasteiger partial charge is 0.340 e. The summed E-state index contributed by atoms with van der Waals surface area (Å²) in [6.07, 6.45) is 4.35. The van der Waals surface area contributed by atoms with Crippen molar-refractivity contribution in [2.75, 3.05) is 25.0 Å². The molecule has 0 saturated carbocycles. The monoisotopic (exact) mass is 496 g/mol. The van der Waals surface area contributed by atoms with Gasteiger partial charge in [0.1, 0.15) is 6.04 Å². The average molecular weight is 497 g/mol. The van der Waals surface area contributed by atoms with E-state index in [0.717, 1.165) is 25.8 Å². The van der Waals surface area contributed by atoms with Gasteiger partial charge in [0.2, 0.25) is 5.91 Å². The Labute approximate surface area is 211 Å². The van der Waals surface area contributed by atoms with Crippen LogP contribution < -0.4 is 10.6 Å². The smallest absolute Gasteiger partial charge is 0.321 e. The molecule has 2 aromatic rings. The number of amides is 4. The van der Waals surface area contributed by atoms with Gasteiger partial charge in [-0.3, -0.25) is 9.59 Å². The number of rotatable bonds is 5. The maximum atomic E-state index is 13.7. The van der Waals surface area contributed by atoms with Crippen LogP contribution in [0.3, 0.4) is 0 Å². The van der Waals surface area contributed by atoms with Gasteiger partial charge >= 0.3 is 6.03 Å². The summed E-state index contributed by atoms with van der Waals surface area (Å²) in [5, 5.41) is 6.49. The summed E-state index contributed by atoms with van der Waals surface area (Å²) in [5.74, 6) is -0.294. The van der Waals surface area contributed by atoms with Gasteiger partial charge in [-0.2, -0.15) is 0 Å². The number of likely N-dealkylation sites (tertiary alicyclic amines) is 2. The Balaban J connectivity index is 1.43. The Morgan fingerprint density at radius 1 is 0.943 bits per heavy atom. The van der Waals surface area contributed by atoms with E-state index in [4.69, 9.17) is 11.6 Å². The fraction of sp³-hybridized carbons (Fsp3) is 0.444. The van der Waals surface area contributed by atoms with Crippen molar-refractivity contribution in [3.63, 3.8) is 0 Å². The van der Waals surface area contributed by atoms with Gasteiger partial charge in [0.15, 0.2) is 0 Å². The second-order valence-corrected chi connectivity index (χ2v) is 9.90. The minimum Gasteiger partial charge on any atom is -0.340 e. The molecule has 2 heterocycles. The van der Waals surface area contributed by atoms with Crippen LogP contribution >= 0.6 is 11.6 Å². The zero-order chi connectivity index (χ0) is 24.8. The van der Waals surface area contributed by atoms with Crippen LogP contribution in [0.4, 0.5) is 10.5 Å². The lowest BCUT2D eigenvalue weighted by molar-refractivity contribution is -0.138. The lowest BCUT2D eigenvalue weighted by Gasteiger charge is -2.40. The number of hydrogen-bond acceptors (Lipinski definition) is 3. The maximum absolute atomic E-state index is 13.7. The normalized spacial score (nSPS) is 19.7. The first-order chi connectivity index (χ1) is 16.9. The molecule has 4 amide bonds. The topological polar surface area (TPSA) is 81.8 Å². The molecule has 0 bridgehead atoms. The van der Waals surface area contributed by atoms with Crippen molar-refractivity contribution < 1.29 is 14.4 Å². The van der Waals surface area contributed by atoms with Gasteiger partial charge in [0.25, 0.3) is 5.91 Å². The second-order valence-electron chi connectivity index (χ2n) is 9.46. The lowest BCUT2D eigenvalue weighted by atomic mass is 9.87. The molecular weight excluding hydrogens is 464 g/mol. The van der Waals surface area contributed by atoms with Crippen LogP contribution in [0.2, 0.25) is 5.02 Å². The molecule has 35 heavy (non-hydrogen) atoms. The van der Waals surface area contributed by atoms with Gasteiger partial charge in [-0.05, 0) is 75.3 Å². The van der Waals surface area contributed by atoms with Gasteiger partial charge in [0, 0.05) is 41.9 Å². The molecule has 2 saturated heterocycles. The Hall–Kier alpha value is -3.06. The van der Waals surface area contributed by atoms with E-state index in [2.05, 4.69) is 17.6 Å². The van der Waals surface area contributed by atoms with Crippen molar-refractivity contribution in [2.24, 2.45) is 5.92 Å². The number of nitrogens with zero attached hydrogens (tertiary/aromatic N) is 2. The fourth-order valence-electron chi connectivity index (χ4n) is 5.00. The van der Waals surface area contributed by atoms with Crippen LogP contribution in [0.15, 0.2) is 54.6 Å². The van der Waals surface area contributed by atoms with Crippen molar-refractivity contribution in [1.29, 1.82) is 0 Å². The number of benzene rings is 2. The predicted molar refractivity (Wildman–Crippen MR) is 137 cm³/mol. The highest BCUT2D eigenvalue weighted by Crippen LogP contribution is 2.26. The molecule has 2 aromatic carbocycles. The van der Waals surface area contributed by atoms with E-state index in [-0.39, 0.29) is 29.8 Å². The number of anilines is 1. The van der Waals surface area contributed by atoms with Crippen LogP contribution in [0.25, 0.3) is 0 Å². The molecule has 0 radical (unpaired) electrons.